The van der Waals surface area contributed by atoms with Crippen molar-refractivity contribution in [2.45, 2.75) is 26.7 Å². The Morgan fingerprint density at radius 1 is 1.43 bits per heavy atom. The van der Waals surface area contributed by atoms with E-state index < -0.39 is 0 Å². The lowest BCUT2D eigenvalue weighted by Crippen LogP contribution is -2.29. The molecule has 0 atom stereocenters. The number of nitrogens with one attached hydrogen (secondary N) is 2. The molecule has 116 valence electrons. The average Bonchev–Trinajstić information content (AvgIpc) is 3.21. The van der Waals surface area contributed by atoms with E-state index in [-0.39, 0.29) is 5.91 Å². The normalized spacial score (nSPS) is 14.3. The molecule has 0 heterocycles. The number of hydrogen-bond donors (Lipinski definition) is 2. The van der Waals surface area contributed by atoms with Crippen molar-refractivity contribution in [2.75, 3.05) is 25.0 Å². The Morgan fingerprint density at radius 3 is 2.81 bits per heavy atom. The molecular formula is C16H23ClN2O2. The van der Waals surface area contributed by atoms with Crippen LogP contribution in [0, 0.1) is 11.8 Å². The van der Waals surface area contributed by atoms with E-state index in [1.165, 1.54) is 12.8 Å². The third-order valence-electron chi connectivity index (χ3n) is 3.20. The van der Waals surface area contributed by atoms with Gasteiger partial charge in [-0.1, -0.05) is 25.4 Å². The summed E-state index contributed by atoms with van der Waals surface area (Å²) in [6.45, 7) is 6.04. The number of ether oxygens (including phenoxy) is 1. The number of benzene rings is 1. The van der Waals surface area contributed by atoms with Gasteiger partial charge in [-0.05, 0) is 49.4 Å². The standard InChI is InChI=1S/C16H23ClN2O2/c1-11(2)10-21-15-6-5-13(7-14(15)17)19-16(20)9-18-8-12-3-4-12/h5-7,11-12,18H,3-4,8-10H2,1-2H3,(H,19,20). The van der Waals surface area contributed by atoms with Gasteiger partial charge in [0.1, 0.15) is 5.75 Å². The topological polar surface area (TPSA) is 50.4 Å². The number of anilines is 1. The van der Waals surface area contributed by atoms with Gasteiger partial charge in [-0.2, -0.15) is 0 Å². The van der Waals surface area contributed by atoms with Crippen molar-refractivity contribution < 1.29 is 9.53 Å². The molecule has 0 radical (unpaired) electrons. The third kappa shape index (κ3) is 5.94. The predicted octanol–water partition coefficient (Wildman–Crippen LogP) is 3.31. The second-order valence-electron chi connectivity index (χ2n) is 5.97. The largest absolute Gasteiger partial charge is 0.492 e. The van der Waals surface area contributed by atoms with Gasteiger partial charge in [0.05, 0.1) is 18.2 Å². The number of rotatable bonds is 8. The Morgan fingerprint density at radius 2 is 2.19 bits per heavy atom. The molecule has 0 unspecified atom stereocenters. The van der Waals surface area contributed by atoms with Crippen LogP contribution in [0.15, 0.2) is 18.2 Å². The molecule has 0 aromatic heterocycles. The average molecular weight is 311 g/mol. The Bertz CT molecular complexity index is 487. The van der Waals surface area contributed by atoms with Gasteiger partial charge in [0.15, 0.2) is 0 Å². The molecule has 1 aromatic rings. The van der Waals surface area contributed by atoms with E-state index in [9.17, 15) is 4.79 Å². The first-order chi connectivity index (χ1) is 10.0. The summed E-state index contributed by atoms with van der Waals surface area (Å²) in [4.78, 5) is 11.8. The highest BCUT2D eigenvalue weighted by atomic mass is 35.5. The van der Waals surface area contributed by atoms with Crippen LogP contribution in [0.2, 0.25) is 5.02 Å². The van der Waals surface area contributed by atoms with Gasteiger partial charge in [-0.15, -0.1) is 0 Å². The Labute approximate surface area is 131 Å². The van der Waals surface area contributed by atoms with Crippen LogP contribution in [-0.2, 0) is 4.79 Å². The molecule has 4 nitrogen and oxygen atoms in total. The van der Waals surface area contributed by atoms with Gasteiger partial charge in [0.25, 0.3) is 0 Å². The molecule has 0 aliphatic heterocycles. The molecule has 1 aliphatic carbocycles. The van der Waals surface area contributed by atoms with E-state index in [2.05, 4.69) is 24.5 Å². The fraction of sp³-hybridized carbons (Fsp3) is 0.562. The minimum absolute atomic E-state index is 0.0532. The number of carbonyl (C=O) groups excluding carboxylic acids is 1. The second kappa shape index (κ2) is 7.66. The third-order valence-corrected chi connectivity index (χ3v) is 3.50. The lowest BCUT2D eigenvalue weighted by Gasteiger charge is -2.12. The zero-order valence-electron chi connectivity index (χ0n) is 12.6. The summed E-state index contributed by atoms with van der Waals surface area (Å²) in [6.07, 6.45) is 2.56. The Balaban J connectivity index is 1.79. The summed E-state index contributed by atoms with van der Waals surface area (Å²) in [5.41, 5.74) is 0.690. The van der Waals surface area contributed by atoms with Crippen LogP contribution in [0.25, 0.3) is 0 Å². The van der Waals surface area contributed by atoms with E-state index >= 15 is 0 Å². The molecule has 1 aliphatic rings. The summed E-state index contributed by atoms with van der Waals surface area (Å²) in [6, 6.07) is 5.31. The summed E-state index contributed by atoms with van der Waals surface area (Å²) in [5, 5.41) is 6.50. The number of amides is 1. The SMILES string of the molecule is CC(C)COc1ccc(NC(=O)CNCC2CC2)cc1Cl. The maximum absolute atomic E-state index is 11.8. The zero-order valence-corrected chi connectivity index (χ0v) is 13.4. The summed E-state index contributed by atoms with van der Waals surface area (Å²) < 4.78 is 5.60. The fourth-order valence-electron chi connectivity index (χ4n) is 1.87. The Kier molecular flexibility index (Phi) is 5.88. The van der Waals surface area contributed by atoms with Crippen LogP contribution in [0.3, 0.4) is 0 Å². The number of carbonyl (C=O) groups is 1. The van der Waals surface area contributed by atoms with Crippen LogP contribution >= 0.6 is 11.6 Å². The van der Waals surface area contributed by atoms with Crippen molar-refractivity contribution in [2.24, 2.45) is 11.8 Å². The number of hydrogen-bond acceptors (Lipinski definition) is 3. The minimum atomic E-state index is -0.0532. The molecule has 0 spiro atoms. The van der Waals surface area contributed by atoms with Crippen LogP contribution in [0.5, 0.6) is 5.75 Å². The van der Waals surface area contributed by atoms with Gasteiger partial charge in [-0.3, -0.25) is 4.79 Å². The van der Waals surface area contributed by atoms with Gasteiger partial charge in [0, 0.05) is 5.69 Å². The van der Waals surface area contributed by atoms with E-state index in [1.54, 1.807) is 18.2 Å². The van der Waals surface area contributed by atoms with Crippen LogP contribution < -0.4 is 15.4 Å². The zero-order chi connectivity index (χ0) is 15.2. The minimum Gasteiger partial charge on any atom is -0.492 e. The van der Waals surface area contributed by atoms with Gasteiger partial charge in [-0.25, -0.2) is 0 Å². The first kappa shape index (κ1) is 16.1. The molecule has 1 aromatic carbocycles. The van der Waals surface area contributed by atoms with E-state index in [0.29, 0.717) is 35.5 Å². The van der Waals surface area contributed by atoms with Crippen LogP contribution in [0.4, 0.5) is 5.69 Å². The first-order valence-corrected chi connectivity index (χ1v) is 7.85. The second-order valence-corrected chi connectivity index (χ2v) is 6.38. The molecule has 0 saturated heterocycles. The molecule has 0 bridgehead atoms. The van der Waals surface area contributed by atoms with Crippen molar-refractivity contribution in [1.82, 2.24) is 5.32 Å². The first-order valence-electron chi connectivity index (χ1n) is 7.47. The van der Waals surface area contributed by atoms with Crippen molar-refractivity contribution in [3.05, 3.63) is 23.2 Å². The quantitative estimate of drug-likeness (QED) is 0.774. The van der Waals surface area contributed by atoms with Crippen molar-refractivity contribution in [3.8, 4) is 5.75 Å². The highest BCUT2D eigenvalue weighted by molar-refractivity contribution is 6.32. The maximum atomic E-state index is 11.8. The lowest BCUT2D eigenvalue weighted by atomic mass is 10.2. The van der Waals surface area contributed by atoms with Crippen molar-refractivity contribution >= 4 is 23.2 Å². The highest BCUT2D eigenvalue weighted by Gasteiger charge is 2.20. The molecule has 1 fully saturated rings. The monoisotopic (exact) mass is 310 g/mol. The van der Waals surface area contributed by atoms with E-state index in [4.69, 9.17) is 16.3 Å². The molecule has 2 N–H and O–H groups in total. The van der Waals surface area contributed by atoms with Crippen molar-refractivity contribution in [1.29, 1.82) is 0 Å². The van der Waals surface area contributed by atoms with Gasteiger partial charge in [0.2, 0.25) is 5.91 Å². The van der Waals surface area contributed by atoms with Crippen molar-refractivity contribution in [3.63, 3.8) is 0 Å². The molecule has 5 heteroatoms. The van der Waals surface area contributed by atoms with Crippen LogP contribution in [0.1, 0.15) is 26.7 Å². The lowest BCUT2D eigenvalue weighted by molar-refractivity contribution is -0.115. The molecule has 2 rings (SSSR count). The highest BCUT2D eigenvalue weighted by Crippen LogP contribution is 2.28. The van der Waals surface area contributed by atoms with Gasteiger partial charge >= 0.3 is 0 Å². The summed E-state index contributed by atoms with van der Waals surface area (Å²) in [7, 11) is 0. The van der Waals surface area contributed by atoms with E-state index in [0.717, 1.165) is 12.5 Å². The smallest absolute Gasteiger partial charge is 0.238 e. The fourth-order valence-corrected chi connectivity index (χ4v) is 2.10. The summed E-state index contributed by atoms with van der Waals surface area (Å²) in [5.74, 6) is 1.81. The van der Waals surface area contributed by atoms with Crippen LogP contribution in [-0.4, -0.2) is 25.6 Å². The molecule has 21 heavy (non-hydrogen) atoms. The maximum Gasteiger partial charge on any atom is 0.238 e. The Hall–Kier alpha value is -1.26. The predicted molar refractivity (Wildman–Crippen MR) is 86.0 cm³/mol. The van der Waals surface area contributed by atoms with Gasteiger partial charge < -0.3 is 15.4 Å². The number of halogens is 1. The van der Waals surface area contributed by atoms with E-state index in [1.807, 2.05) is 0 Å². The summed E-state index contributed by atoms with van der Waals surface area (Å²) >= 11 is 6.16. The molecule has 1 saturated carbocycles. The molecule has 1 amide bonds. The molecular weight excluding hydrogens is 288 g/mol.